The minimum absolute atomic E-state index is 0.322. The van der Waals surface area contributed by atoms with Crippen molar-refractivity contribution in [3.63, 3.8) is 0 Å². The van der Waals surface area contributed by atoms with Crippen LogP contribution in [0.25, 0.3) is 10.9 Å². The maximum Gasteiger partial charge on any atom is 0.303 e. The average Bonchev–Trinajstić information content (AvgIpc) is 2.47. The van der Waals surface area contributed by atoms with Gasteiger partial charge in [-0.3, -0.25) is 9.78 Å². The highest BCUT2D eigenvalue weighted by Gasteiger charge is 2.24. The fourth-order valence-corrected chi connectivity index (χ4v) is 3.26. The van der Waals surface area contributed by atoms with E-state index in [4.69, 9.17) is 5.11 Å². The van der Waals surface area contributed by atoms with E-state index >= 15 is 0 Å². The number of carboxylic acid groups (broad SMARTS) is 1. The summed E-state index contributed by atoms with van der Waals surface area (Å²) in [6, 6.07) is 10.4. The number of hydrogen-bond donors (Lipinski definition) is 1. The van der Waals surface area contributed by atoms with E-state index in [1.165, 1.54) is 10.9 Å². The third kappa shape index (κ3) is 2.82. The zero-order chi connectivity index (χ0) is 13.9. The second-order valence-electron chi connectivity index (χ2n) is 5.78. The number of pyridine rings is 1. The Balaban J connectivity index is 1.71. The molecule has 3 nitrogen and oxygen atoms in total. The zero-order valence-corrected chi connectivity index (χ0v) is 11.5. The minimum atomic E-state index is -0.666. The van der Waals surface area contributed by atoms with Gasteiger partial charge in [-0.15, -0.1) is 0 Å². The standard InChI is InChI=1S/C17H19NO2/c19-17(20)9-12-5-7-13(8-6-12)15-10-14-3-1-2-4-16(14)18-11-15/h1-4,10-13H,5-9H2,(H,19,20). The van der Waals surface area contributed by atoms with Gasteiger partial charge >= 0.3 is 5.97 Å². The van der Waals surface area contributed by atoms with Gasteiger partial charge in [-0.1, -0.05) is 18.2 Å². The van der Waals surface area contributed by atoms with Crippen molar-refractivity contribution >= 4 is 16.9 Å². The first-order chi connectivity index (χ1) is 9.72. The number of aromatic nitrogens is 1. The second-order valence-corrected chi connectivity index (χ2v) is 5.78. The fourth-order valence-electron chi connectivity index (χ4n) is 3.26. The number of aliphatic carboxylic acids is 1. The molecule has 1 aliphatic rings. The largest absolute Gasteiger partial charge is 0.481 e. The van der Waals surface area contributed by atoms with Gasteiger partial charge in [0.25, 0.3) is 0 Å². The van der Waals surface area contributed by atoms with Crippen molar-refractivity contribution < 1.29 is 9.90 Å². The number of benzene rings is 1. The van der Waals surface area contributed by atoms with Gasteiger partial charge in [-0.2, -0.15) is 0 Å². The zero-order valence-electron chi connectivity index (χ0n) is 11.5. The number of nitrogens with zero attached hydrogens (tertiary/aromatic N) is 1. The fraction of sp³-hybridized carbons (Fsp3) is 0.412. The van der Waals surface area contributed by atoms with Gasteiger partial charge < -0.3 is 5.11 Å². The SMILES string of the molecule is O=C(O)CC1CCC(c2cnc3ccccc3c2)CC1. The molecule has 0 bridgehead atoms. The number of carbonyl (C=O) groups is 1. The molecule has 0 saturated heterocycles. The Morgan fingerprint density at radius 1 is 1.20 bits per heavy atom. The monoisotopic (exact) mass is 269 g/mol. The van der Waals surface area contributed by atoms with Crippen LogP contribution in [-0.2, 0) is 4.79 Å². The molecule has 0 amide bonds. The lowest BCUT2D eigenvalue weighted by Gasteiger charge is -2.27. The summed E-state index contributed by atoms with van der Waals surface area (Å²) in [5, 5.41) is 10.0. The lowest BCUT2D eigenvalue weighted by Crippen LogP contribution is -2.16. The topological polar surface area (TPSA) is 50.2 Å². The molecule has 1 heterocycles. The highest BCUT2D eigenvalue weighted by Crippen LogP contribution is 2.37. The second kappa shape index (κ2) is 5.61. The van der Waals surface area contributed by atoms with Gasteiger partial charge in [0.05, 0.1) is 5.52 Å². The molecule has 0 unspecified atom stereocenters. The molecule has 20 heavy (non-hydrogen) atoms. The molecule has 1 N–H and O–H groups in total. The van der Waals surface area contributed by atoms with Crippen molar-refractivity contribution in [2.75, 3.05) is 0 Å². The average molecular weight is 269 g/mol. The Morgan fingerprint density at radius 3 is 2.70 bits per heavy atom. The van der Waals surface area contributed by atoms with Gasteiger partial charge in [0, 0.05) is 18.0 Å². The Bertz CT molecular complexity index is 615. The third-order valence-corrected chi connectivity index (χ3v) is 4.39. The van der Waals surface area contributed by atoms with Crippen LogP contribution in [0.3, 0.4) is 0 Å². The molecule has 104 valence electrons. The number of para-hydroxylation sites is 1. The quantitative estimate of drug-likeness (QED) is 0.916. The maximum absolute atomic E-state index is 10.8. The summed E-state index contributed by atoms with van der Waals surface area (Å²) in [5.41, 5.74) is 2.34. The molecule has 1 aromatic heterocycles. The van der Waals surface area contributed by atoms with Crippen LogP contribution < -0.4 is 0 Å². The minimum Gasteiger partial charge on any atom is -0.481 e. The lowest BCUT2D eigenvalue weighted by atomic mass is 9.78. The molecule has 1 aromatic carbocycles. The number of carboxylic acids is 1. The molecule has 0 spiro atoms. The Hall–Kier alpha value is -1.90. The van der Waals surface area contributed by atoms with E-state index in [1.54, 1.807) is 0 Å². The predicted molar refractivity (Wildman–Crippen MR) is 78.7 cm³/mol. The Labute approximate surface area is 118 Å². The van der Waals surface area contributed by atoms with Gasteiger partial charge in [0.15, 0.2) is 0 Å². The van der Waals surface area contributed by atoms with Crippen LogP contribution in [0.5, 0.6) is 0 Å². The first kappa shape index (κ1) is 13.1. The molecular formula is C17H19NO2. The first-order valence-electron chi connectivity index (χ1n) is 7.29. The molecule has 1 fully saturated rings. The Morgan fingerprint density at radius 2 is 1.95 bits per heavy atom. The first-order valence-corrected chi connectivity index (χ1v) is 7.29. The van der Waals surface area contributed by atoms with Gasteiger partial charge in [0.1, 0.15) is 0 Å². The summed E-state index contributed by atoms with van der Waals surface area (Å²) in [6.45, 7) is 0. The van der Waals surface area contributed by atoms with Gasteiger partial charge in [0.2, 0.25) is 0 Å². The van der Waals surface area contributed by atoms with Gasteiger partial charge in [-0.05, 0) is 55.2 Å². The van der Waals surface area contributed by atoms with E-state index in [1.807, 2.05) is 24.4 Å². The van der Waals surface area contributed by atoms with Crippen molar-refractivity contribution in [3.05, 3.63) is 42.1 Å². The van der Waals surface area contributed by atoms with Crippen LogP contribution in [0.4, 0.5) is 0 Å². The molecule has 0 radical (unpaired) electrons. The predicted octanol–water partition coefficient (Wildman–Crippen LogP) is 3.98. The number of rotatable bonds is 3. The summed E-state index contributed by atoms with van der Waals surface area (Å²) in [4.78, 5) is 15.3. The Kier molecular flexibility index (Phi) is 3.68. The molecule has 0 atom stereocenters. The molecule has 1 saturated carbocycles. The number of hydrogen-bond acceptors (Lipinski definition) is 2. The van der Waals surface area contributed by atoms with Crippen molar-refractivity contribution in [2.45, 2.75) is 38.0 Å². The third-order valence-electron chi connectivity index (χ3n) is 4.39. The molecule has 3 rings (SSSR count). The normalized spacial score (nSPS) is 22.8. The van der Waals surface area contributed by atoms with E-state index in [9.17, 15) is 4.79 Å². The van der Waals surface area contributed by atoms with Gasteiger partial charge in [-0.25, -0.2) is 0 Å². The molecule has 0 aliphatic heterocycles. The van der Waals surface area contributed by atoms with E-state index in [0.717, 1.165) is 31.2 Å². The van der Waals surface area contributed by atoms with Crippen molar-refractivity contribution in [3.8, 4) is 0 Å². The van der Waals surface area contributed by atoms with Crippen LogP contribution in [0.2, 0.25) is 0 Å². The van der Waals surface area contributed by atoms with Crippen molar-refractivity contribution in [2.24, 2.45) is 5.92 Å². The number of fused-ring (bicyclic) bond motifs is 1. The van der Waals surface area contributed by atoms with E-state index < -0.39 is 5.97 Å². The highest BCUT2D eigenvalue weighted by molar-refractivity contribution is 5.78. The summed E-state index contributed by atoms with van der Waals surface area (Å²) in [5.74, 6) is 0.232. The van der Waals surface area contributed by atoms with Crippen molar-refractivity contribution in [1.82, 2.24) is 4.98 Å². The summed E-state index contributed by atoms with van der Waals surface area (Å²) in [7, 11) is 0. The maximum atomic E-state index is 10.8. The summed E-state index contributed by atoms with van der Waals surface area (Å²) in [6.07, 6.45) is 6.51. The van der Waals surface area contributed by atoms with Crippen LogP contribution >= 0.6 is 0 Å². The van der Waals surface area contributed by atoms with E-state index in [2.05, 4.69) is 17.1 Å². The van der Waals surface area contributed by atoms with Crippen LogP contribution in [0.15, 0.2) is 36.5 Å². The molecule has 1 aliphatic carbocycles. The van der Waals surface area contributed by atoms with Crippen LogP contribution in [0.1, 0.15) is 43.6 Å². The molecule has 3 heteroatoms. The lowest BCUT2D eigenvalue weighted by molar-refractivity contribution is -0.138. The molecule has 2 aromatic rings. The molecular weight excluding hydrogens is 250 g/mol. The summed E-state index contributed by atoms with van der Waals surface area (Å²) < 4.78 is 0. The summed E-state index contributed by atoms with van der Waals surface area (Å²) >= 11 is 0. The van der Waals surface area contributed by atoms with E-state index in [0.29, 0.717) is 18.3 Å². The highest BCUT2D eigenvalue weighted by atomic mass is 16.4. The smallest absolute Gasteiger partial charge is 0.303 e. The van der Waals surface area contributed by atoms with Crippen molar-refractivity contribution in [1.29, 1.82) is 0 Å². The van der Waals surface area contributed by atoms with Crippen LogP contribution in [-0.4, -0.2) is 16.1 Å². The van der Waals surface area contributed by atoms with Crippen LogP contribution in [0, 0.1) is 5.92 Å². The van der Waals surface area contributed by atoms with E-state index in [-0.39, 0.29) is 0 Å².